The van der Waals surface area contributed by atoms with Gasteiger partial charge in [-0.05, 0) is 71.9 Å². The van der Waals surface area contributed by atoms with E-state index in [9.17, 15) is 19.0 Å². The minimum Gasteiger partial charge on any atom is -0.462 e. The Bertz CT molecular complexity index is 1060. The van der Waals surface area contributed by atoms with Crippen LogP contribution in [0, 0.1) is 0 Å². The smallest absolute Gasteiger partial charge is 0.462 e. The molecule has 0 fully saturated rings. The number of likely N-dealkylation sites (N-methyl/N-ethyl adjacent to an activating group) is 1. The zero-order valence-electron chi connectivity index (χ0n) is 35.6. The minimum absolute atomic E-state index is 0.000399. The van der Waals surface area contributed by atoms with Gasteiger partial charge in [0, 0.05) is 19.4 Å². The highest BCUT2D eigenvalue weighted by atomic mass is 31.2. The van der Waals surface area contributed by atoms with Crippen LogP contribution in [-0.4, -0.2) is 68.3 Å². The number of ether oxygens (including phenoxy) is 2. The van der Waals surface area contributed by atoms with E-state index < -0.39 is 26.5 Å². The summed E-state index contributed by atoms with van der Waals surface area (Å²) in [6.45, 7) is 4.25. The fourth-order valence-corrected chi connectivity index (χ4v) is 6.47. The average Bonchev–Trinajstić information content (AvgIpc) is 3.15. The molecule has 0 bridgehead atoms. The van der Waals surface area contributed by atoms with Gasteiger partial charge in [0.25, 0.3) is 0 Å². The zero-order valence-corrected chi connectivity index (χ0v) is 36.5. The molecular formula is C45H82NO8P. The van der Waals surface area contributed by atoms with Crippen LogP contribution >= 0.6 is 7.82 Å². The van der Waals surface area contributed by atoms with Crippen molar-refractivity contribution in [1.29, 1.82) is 0 Å². The largest absolute Gasteiger partial charge is 0.472 e. The number of phosphoric ester groups is 1. The van der Waals surface area contributed by atoms with Crippen molar-refractivity contribution in [2.75, 3.05) is 40.5 Å². The van der Waals surface area contributed by atoms with Crippen LogP contribution in [0.25, 0.3) is 0 Å². The number of esters is 2. The molecular weight excluding hydrogens is 713 g/mol. The molecule has 0 heterocycles. The normalized spacial score (nSPS) is 13.9. The molecule has 0 rings (SSSR count). The molecule has 0 aromatic rings. The number of rotatable bonds is 40. The van der Waals surface area contributed by atoms with Crippen molar-refractivity contribution >= 4 is 19.8 Å². The summed E-state index contributed by atoms with van der Waals surface area (Å²) in [5.74, 6) is -0.837. The Balaban J connectivity index is 4.36. The molecule has 9 nitrogen and oxygen atoms in total. The number of carbonyl (C=O) groups is 2. The second-order valence-corrected chi connectivity index (χ2v) is 16.3. The predicted octanol–water partition coefficient (Wildman–Crippen LogP) is 12.5. The summed E-state index contributed by atoms with van der Waals surface area (Å²) in [6.07, 6.45) is 44.4. The monoisotopic (exact) mass is 796 g/mol. The van der Waals surface area contributed by atoms with Crippen molar-refractivity contribution < 1.29 is 37.6 Å². The number of nitrogens with zero attached hydrogens (tertiary/aromatic N) is 1. The van der Waals surface area contributed by atoms with Crippen molar-refractivity contribution in [2.24, 2.45) is 0 Å². The Kier molecular flexibility index (Phi) is 38.7. The number of allylic oxidation sites excluding steroid dienone is 8. The molecule has 2 atom stereocenters. The van der Waals surface area contributed by atoms with E-state index in [-0.39, 0.29) is 32.0 Å². The summed E-state index contributed by atoms with van der Waals surface area (Å²) in [5, 5.41) is 0. The summed E-state index contributed by atoms with van der Waals surface area (Å²) in [5.41, 5.74) is 0. The van der Waals surface area contributed by atoms with Gasteiger partial charge in [-0.25, -0.2) is 4.57 Å². The van der Waals surface area contributed by atoms with Crippen molar-refractivity contribution in [3.05, 3.63) is 48.6 Å². The van der Waals surface area contributed by atoms with Crippen LogP contribution < -0.4 is 0 Å². The fourth-order valence-electron chi connectivity index (χ4n) is 5.73. The molecule has 0 amide bonds. The zero-order chi connectivity index (χ0) is 40.5. The van der Waals surface area contributed by atoms with Gasteiger partial charge < -0.3 is 19.3 Å². The Hall–Kier alpha value is -2.03. The van der Waals surface area contributed by atoms with Crippen molar-refractivity contribution in [2.45, 2.75) is 187 Å². The van der Waals surface area contributed by atoms with Crippen LogP contribution in [0.5, 0.6) is 0 Å². The van der Waals surface area contributed by atoms with Crippen LogP contribution in [0.1, 0.15) is 181 Å². The quantitative estimate of drug-likeness (QED) is 0.0280. The first kappa shape index (κ1) is 53.0. The standard InChI is InChI=1S/C45H82NO8P/c1-5-7-9-11-13-15-17-19-20-21-22-23-24-26-28-30-32-34-36-38-45(48)54-43(42-53-55(49,50)52-40-39-46(3)4)41-51-44(47)37-35-33-31-29-27-25-18-16-14-12-10-8-6-2/h13,15,19-20,22-23,26,28,43H,5-12,14,16-18,21,24-25,27,29-42H2,1-4H3,(H,49,50)/b15-13-,20-19-,23-22-,28-26-. The van der Waals surface area contributed by atoms with Gasteiger partial charge in [0.1, 0.15) is 6.61 Å². The SMILES string of the molecule is CCCCC/C=C\C/C=C\C/C=C\C/C=C\CCCCCC(=O)OC(COC(=O)CCCCCCCCCCCCCCC)COP(=O)(O)OCCN(C)C. The number of hydrogen-bond donors (Lipinski definition) is 1. The Morgan fingerprint density at radius 2 is 0.982 bits per heavy atom. The third-order valence-corrected chi connectivity index (χ3v) is 10.1. The first-order valence-corrected chi connectivity index (χ1v) is 23.4. The van der Waals surface area contributed by atoms with Crippen LogP contribution in [0.4, 0.5) is 0 Å². The van der Waals surface area contributed by atoms with Gasteiger partial charge in [-0.3, -0.25) is 18.6 Å². The van der Waals surface area contributed by atoms with E-state index in [2.05, 4.69) is 62.5 Å². The summed E-state index contributed by atoms with van der Waals surface area (Å²) in [4.78, 5) is 37.0. The molecule has 0 saturated carbocycles. The van der Waals surface area contributed by atoms with E-state index in [1.807, 2.05) is 19.0 Å². The number of hydrogen-bond acceptors (Lipinski definition) is 8. The van der Waals surface area contributed by atoms with E-state index >= 15 is 0 Å². The molecule has 0 aromatic heterocycles. The van der Waals surface area contributed by atoms with Crippen molar-refractivity contribution in [3.63, 3.8) is 0 Å². The average molecular weight is 796 g/mol. The maximum Gasteiger partial charge on any atom is 0.472 e. The predicted molar refractivity (Wildman–Crippen MR) is 229 cm³/mol. The molecule has 1 N–H and O–H groups in total. The van der Waals surface area contributed by atoms with Gasteiger partial charge in [-0.15, -0.1) is 0 Å². The van der Waals surface area contributed by atoms with Crippen LogP contribution in [-0.2, 0) is 32.7 Å². The summed E-state index contributed by atoms with van der Waals surface area (Å²) in [6, 6.07) is 0. The molecule has 320 valence electrons. The van der Waals surface area contributed by atoms with Gasteiger partial charge in [-0.1, -0.05) is 159 Å². The highest BCUT2D eigenvalue weighted by molar-refractivity contribution is 7.47. The number of phosphoric acid groups is 1. The molecule has 0 aliphatic carbocycles. The lowest BCUT2D eigenvalue weighted by Crippen LogP contribution is -2.29. The summed E-state index contributed by atoms with van der Waals surface area (Å²) in [7, 11) is -0.729. The van der Waals surface area contributed by atoms with Gasteiger partial charge in [0.2, 0.25) is 0 Å². The number of unbranched alkanes of at least 4 members (excludes halogenated alkanes) is 18. The second-order valence-electron chi connectivity index (χ2n) is 14.9. The second kappa shape index (κ2) is 40.2. The topological polar surface area (TPSA) is 112 Å². The van der Waals surface area contributed by atoms with Crippen molar-refractivity contribution in [3.8, 4) is 0 Å². The molecule has 55 heavy (non-hydrogen) atoms. The summed E-state index contributed by atoms with van der Waals surface area (Å²) < 4.78 is 33.4. The van der Waals surface area contributed by atoms with Crippen molar-refractivity contribution in [1.82, 2.24) is 4.90 Å². The van der Waals surface area contributed by atoms with Gasteiger partial charge >= 0.3 is 19.8 Å². The van der Waals surface area contributed by atoms with Gasteiger partial charge in [0.15, 0.2) is 6.10 Å². The lowest BCUT2D eigenvalue weighted by Gasteiger charge is -2.20. The lowest BCUT2D eigenvalue weighted by molar-refractivity contribution is -0.161. The Labute approximate surface area is 337 Å². The lowest BCUT2D eigenvalue weighted by atomic mass is 10.0. The molecule has 0 aliphatic heterocycles. The Morgan fingerprint density at radius 3 is 1.49 bits per heavy atom. The van der Waals surface area contributed by atoms with Gasteiger partial charge in [-0.2, -0.15) is 0 Å². The molecule has 0 spiro atoms. The Morgan fingerprint density at radius 1 is 0.564 bits per heavy atom. The molecule has 0 saturated heterocycles. The molecule has 0 radical (unpaired) electrons. The van der Waals surface area contributed by atoms with Crippen LogP contribution in [0.15, 0.2) is 48.6 Å². The van der Waals surface area contributed by atoms with Crippen LogP contribution in [0.2, 0.25) is 0 Å². The van der Waals surface area contributed by atoms with E-state index in [0.717, 1.165) is 57.8 Å². The first-order chi connectivity index (χ1) is 26.7. The maximum absolute atomic E-state index is 12.6. The third-order valence-electron chi connectivity index (χ3n) is 9.14. The highest BCUT2D eigenvalue weighted by Crippen LogP contribution is 2.43. The molecule has 2 unspecified atom stereocenters. The summed E-state index contributed by atoms with van der Waals surface area (Å²) >= 11 is 0. The minimum atomic E-state index is -4.37. The van der Waals surface area contributed by atoms with E-state index in [1.165, 1.54) is 89.9 Å². The third kappa shape index (κ3) is 41.4. The van der Waals surface area contributed by atoms with Gasteiger partial charge in [0.05, 0.1) is 13.2 Å². The van der Waals surface area contributed by atoms with E-state index in [1.54, 1.807) is 0 Å². The molecule has 0 aromatic carbocycles. The fraction of sp³-hybridized carbons (Fsp3) is 0.778. The number of carbonyl (C=O) groups excluding carboxylic acids is 2. The maximum atomic E-state index is 12.6. The molecule has 0 aliphatic rings. The van der Waals surface area contributed by atoms with Crippen LogP contribution in [0.3, 0.4) is 0 Å². The molecule has 10 heteroatoms. The first-order valence-electron chi connectivity index (χ1n) is 21.9. The van der Waals surface area contributed by atoms with E-state index in [0.29, 0.717) is 13.0 Å². The van der Waals surface area contributed by atoms with E-state index in [4.69, 9.17) is 18.5 Å². The highest BCUT2D eigenvalue weighted by Gasteiger charge is 2.26.